The van der Waals surface area contributed by atoms with Crippen molar-refractivity contribution in [1.82, 2.24) is 19.1 Å². The highest BCUT2D eigenvalue weighted by molar-refractivity contribution is 7.89. The van der Waals surface area contributed by atoms with Gasteiger partial charge in [0.25, 0.3) is 0 Å². The average molecular weight is 294 g/mol. The third-order valence-electron chi connectivity index (χ3n) is 3.32. The van der Waals surface area contributed by atoms with Crippen LogP contribution in [0.2, 0.25) is 0 Å². The molecule has 1 aromatic carbocycles. The van der Waals surface area contributed by atoms with Crippen LogP contribution in [0.1, 0.15) is 11.4 Å². The number of aliphatic hydroxyl groups excluding tert-OH is 1. The summed E-state index contributed by atoms with van der Waals surface area (Å²) in [5.41, 5.74) is 0.575. The second-order valence-corrected chi connectivity index (χ2v) is 6.52. The Labute approximate surface area is 116 Å². The third-order valence-corrected chi connectivity index (χ3v) is 5.16. The van der Waals surface area contributed by atoms with E-state index in [4.69, 9.17) is 5.11 Å². The van der Waals surface area contributed by atoms with Gasteiger partial charge in [0.05, 0.1) is 18.0 Å². The lowest BCUT2D eigenvalue weighted by molar-refractivity contribution is 0.281. The van der Waals surface area contributed by atoms with Gasteiger partial charge in [-0.3, -0.25) is 0 Å². The molecular formula is C12H14N4O3S. The van der Waals surface area contributed by atoms with Crippen molar-refractivity contribution in [2.24, 2.45) is 0 Å². The summed E-state index contributed by atoms with van der Waals surface area (Å²) in [6, 6.07) is 6.35. The normalized spacial score (nSPS) is 16.1. The number of nitrogens with zero attached hydrogens (tertiary/aromatic N) is 4. The number of hydrogen-bond acceptors (Lipinski definition) is 5. The van der Waals surface area contributed by atoms with E-state index in [1.165, 1.54) is 16.4 Å². The molecule has 0 bridgehead atoms. The number of benzene rings is 1. The van der Waals surface area contributed by atoms with Crippen molar-refractivity contribution in [3.05, 3.63) is 42.0 Å². The Morgan fingerprint density at radius 3 is 2.95 bits per heavy atom. The highest BCUT2D eigenvalue weighted by atomic mass is 32.2. The van der Waals surface area contributed by atoms with Crippen LogP contribution < -0.4 is 0 Å². The van der Waals surface area contributed by atoms with Gasteiger partial charge in [-0.2, -0.15) is 4.31 Å². The largest absolute Gasteiger partial charge is 0.392 e. The Morgan fingerprint density at radius 1 is 1.30 bits per heavy atom. The quantitative estimate of drug-likeness (QED) is 0.859. The predicted molar refractivity (Wildman–Crippen MR) is 70.0 cm³/mol. The van der Waals surface area contributed by atoms with Crippen LogP contribution in [0.5, 0.6) is 0 Å². The summed E-state index contributed by atoms with van der Waals surface area (Å²) >= 11 is 0. The van der Waals surface area contributed by atoms with E-state index in [1.807, 2.05) is 4.57 Å². The Balaban J connectivity index is 1.93. The summed E-state index contributed by atoms with van der Waals surface area (Å²) in [6.45, 7) is 0.960. The van der Waals surface area contributed by atoms with Gasteiger partial charge in [-0.15, -0.1) is 10.2 Å². The molecular weight excluding hydrogens is 280 g/mol. The van der Waals surface area contributed by atoms with Gasteiger partial charge in [0, 0.05) is 13.1 Å². The van der Waals surface area contributed by atoms with E-state index in [0.717, 1.165) is 0 Å². The van der Waals surface area contributed by atoms with E-state index in [2.05, 4.69) is 10.2 Å². The summed E-state index contributed by atoms with van der Waals surface area (Å²) in [5, 5.41) is 16.8. The first-order valence-corrected chi connectivity index (χ1v) is 7.62. The maximum atomic E-state index is 12.6. The molecule has 0 atom stereocenters. The molecule has 0 spiro atoms. The van der Waals surface area contributed by atoms with Crippen LogP contribution in [0.25, 0.3) is 0 Å². The molecule has 1 aliphatic rings. The molecule has 20 heavy (non-hydrogen) atoms. The molecule has 0 amide bonds. The van der Waals surface area contributed by atoms with Crippen LogP contribution >= 0.6 is 0 Å². The predicted octanol–water partition coefficient (Wildman–Crippen LogP) is -0.0251. The topological polar surface area (TPSA) is 88.3 Å². The molecule has 1 aromatic heterocycles. The number of fused-ring (bicyclic) bond motifs is 1. The van der Waals surface area contributed by atoms with Crippen LogP contribution in [-0.2, 0) is 29.7 Å². The van der Waals surface area contributed by atoms with Crippen LogP contribution in [0.4, 0.5) is 0 Å². The van der Waals surface area contributed by atoms with E-state index in [0.29, 0.717) is 24.5 Å². The van der Waals surface area contributed by atoms with Gasteiger partial charge in [0.2, 0.25) is 10.0 Å². The molecule has 0 saturated carbocycles. The maximum absolute atomic E-state index is 12.6. The number of aliphatic hydroxyl groups is 1. The van der Waals surface area contributed by atoms with Gasteiger partial charge < -0.3 is 9.67 Å². The summed E-state index contributed by atoms with van der Waals surface area (Å²) in [7, 11) is -3.57. The number of sulfonamides is 1. The van der Waals surface area contributed by atoms with E-state index < -0.39 is 10.0 Å². The maximum Gasteiger partial charge on any atom is 0.243 e. The average Bonchev–Trinajstić information content (AvgIpc) is 2.94. The van der Waals surface area contributed by atoms with E-state index in [9.17, 15) is 8.42 Å². The fourth-order valence-corrected chi connectivity index (χ4v) is 3.66. The minimum Gasteiger partial charge on any atom is -0.392 e. The first kappa shape index (κ1) is 13.2. The lowest BCUT2D eigenvalue weighted by Gasteiger charge is -2.26. The lowest BCUT2D eigenvalue weighted by Crippen LogP contribution is -2.38. The van der Waals surface area contributed by atoms with Gasteiger partial charge in [-0.25, -0.2) is 8.42 Å². The molecule has 0 radical (unpaired) electrons. The van der Waals surface area contributed by atoms with Crippen molar-refractivity contribution in [2.45, 2.75) is 24.6 Å². The van der Waals surface area contributed by atoms with E-state index in [-0.39, 0.29) is 18.0 Å². The number of hydrogen-bond donors (Lipinski definition) is 1. The molecule has 7 nitrogen and oxygen atoms in total. The zero-order chi connectivity index (χ0) is 14.2. The van der Waals surface area contributed by atoms with Crippen LogP contribution in [0.3, 0.4) is 0 Å². The molecule has 0 fully saturated rings. The first-order valence-electron chi connectivity index (χ1n) is 6.18. The fraction of sp³-hybridized carbons (Fsp3) is 0.333. The molecule has 1 N–H and O–H groups in total. The molecule has 8 heteroatoms. The van der Waals surface area contributed by atoms with Crippen LogP contribution in [0.15, 0.2) is 35.5 Å². The van der Waals surface area contributed by atoms with E-state index in [1.54, 1.807) is 18.5 Å². The van der Waals surface area contributed by atoms with Crippen molar-refractivity contribution < 1.29 is 13.5 Å². The number of aromatic nitrogens is 3. The Kier molecular flexibility index (Phi) is 3.28. The van der Waals surface area contributed by atoms with Crippen LogP contribution in [-0.4, -0.2) is 39.1 Å². The minimum atomic E-state index is -3.57. The molecule has 3 rings (SSSR count). The fourth-order valence-electron chi connectivity index (χ4n) is 2.20. The van der Waals surface area contributed by atoms with Crippen molar-refractivity contribution in [3.8, 4) is 0 Å². The highest BCUT2D eigenvalue weighted by Gasteiger charge is 2.29. The van der Waals surface area contributed by atoms with E-state index >= 15 is 0 Å². The zero-order valence-electron chi connectivity index (χ0n) is 10.7. The van der Waals surface area contributed by atoms with Crippen molar-refractivity contribution >= 4 is 10.0 Å². The SMILES string of the molecule is O=S(=O)(c1cccc(CO)c1)N1CCn2cnnc2C1. The highest BCUT2D eigenvalue weighted by Crippen LogP contribution is 2.21. The van der Waals surface area contributed by atoms with Crippen molar-refractivity contribution in [2.75, 3.05) is 6.54 Å². The molecule has 0 saturated heterocycles. The third kappa shape index (κ3) is 2.21. The number of rotatable bonds is 3. The minimum absolute atomic E-state index is 0.183. The van der Waals surface area contributed by atoms with Gasteiger partial charge in [0.1, 0.15) is 12.2 Å². The molecule has 0 unspecified atom stereocenters. The zero-order valence-corrected chi connectivity index (χ0v) is 11.5. The molecule has 1 aliphatic heterocycles. The molecule has 2 aromatic rings. The Morgan fingerprint density at radius 2 is 2.15 bits per heavy atom. The van der Waals surface area contributed by atoms with Gasteiger partial charge >= 0.3 is 0 Å². The first-order chi connectivity index (χ1) is 9.61. The Bertz CT molecular complexity index is 726. The van der Waals surface area contributed by atoms with Crippen molar-refractivity contribution in [3.63, 3.8) is 0 Å². The summed E-state index contributed by atoms with van der Waals surface area (Å²) in [6.07, 6.45) is 1.60. The van der Waals surface area contributed by atoms with Gasteiger partial charge in [-0.05, 0) is 17.7 Å². The smallest absolute Gasteiger partial charge is 0.243 e. The Hall–Kier alpha value is -1.77. The van der Waals surface area contributed by atoms with Gasteiger partial charge in [-0.1, -0.05) is 12.1 Å². The standard InChI is InChI=1S/C12H14N4O3S/c17-8-10-2-1-3-11(6-10)20(18,19)16-5-4-15-9-13-14-12(15)7-16/h1-3,6,9,17H,4-5,7-8H2. The molecule has 2 heterocycles. The summed E-state index contributed by atoms with van der Waals surface area (Å²) < 4.78 is 28.4. The molecule has 106 valence electrons. The van der Waals surface area contributed by atoms with Crippen molar-refractivity contribution in [1.29, 1.82) is 0 Å². The summed E-state index contributed by atoms with van der Waals surface area (Å²) in [4.78, 5) is 0.192. The second-order valence-electron chi connectivity index (χ2n) is 4.58. The lowest BCUT2D eigenvalue weighted by atomic mass is 10.2. The monoisotopic (exact) mass is 294 g/mol. The summed E-state index contributed by atoms with van der Waals surface area (Å²) in [5.74, 6) is 0.637. The van der Waals surface area contributed by atoms with Crippen LogP contribution in [0, 0.1) is 0 Å². The van der Waals surface area contributed by atoms with Gasteiger partial charge in [0.15, 0.2) is 0 Å². The second kappa shape index (κ2) is 4.97. The molecule has 0 aliphatic carbocycles.